The Morgan fingerprint density at radius 3 is 2.73 bits per heavy atom. The van der Waals surface area contributed by atoms with Crippen molar-refractivity contribution < 1.29 is 9.47 Å². The maximum absolute atomic E-state index is 5.85. The molecule has 0 spiro atoms. The van der Waals surface area contributed by atoms with Gasteiger partial charge in [0.05, 0.1) is 12.1 Å². The summed E-state index contributed by atoms with van der Waals surface area (Å²) >= 11 is 5.85. The molecule has 0 aromatic heterocycles. The highest BCUT2D eigenvalue weighted by molar-refractivity contribution is 6.30. The Labute approximate surface area is 94.3 Å². The molecule has 4 heteroatoms. The quantitative estimate of drug-likeness (QED) is 0.797. The summed E-state index contributed by atoms with van der Waals surface area (Å²) in [6.45, 7) is 3.52. The van der Waals surface area contributed by atoms with Crippen molar-refractivity contribution in [3.63, 3.8) is 0 Å². The fraction of sp³-hybridized carbons (Fsp3) is 0.455. The van der Waals surface area contributed by atoms with Crippen LogP contribution in [0.3, 0.4) is 0 Å². The Kier molecular flexibility index (Phi) is 3.26. The summed E-state index contributed by atoms with van der Waals surface area (Å²) in [7, 11) is 0. The molecule has 2 rings (SSSR count). The fourth-order valence-corrected chi connectivity index (χ4v) is 1.74. The molecular formula is C11H14ClNO2. The summed E-state index contributed by atoms with van der Waals surface area (Å²) < 4.78 is 10.6. The number of ether oxygens (including phenoxy) is 2. The lowest BCUT2D eigenvalue weighted by molar-refractivity contribution is -0.0374. The minimum Gasteiger partial charge on any atom is -0.353 e. The maximum atomic E-state index is 5.85. The third kappa shape index (κ3) is 2.49. The van der Waals surface area contributed by atoms with Crippen molar-refractivity contribution in [3.05, 3.63) is 34.9 Å². The molecule has 1 aromatic carbocycles. The van der Waals surface area contributed by atoms with Crippen molar-refractivity contribution >= 4 is 11.6 Å². The first kappa shape index (κ1) is 10.9. The summed E-state index contributed by atoms with van der Waals surface area (Å²) in [6, 6.07) is 7.78. The lowest BCUT2D eigenvalue weighted by atomic mass is 9.93. The molecule has 1 aliphatic rings. The first-order chi connectivity index (χ1) is 7.21. The van der Waals surface area contributed by atoms with E-state index in [0.29, 0.717) is 20.1 Å². The Morgan fingerprint density at radius 2 is 2.00 bits per heavy atom. The van der Waals surface area contributed by atoms with Gasteiger partial charge in [0.2, 0.25) is 0 Å². The number of hydrogen-bond donors (Lipinski definition) is 1. The average Bonchev–Trinajstić information content (AvgIpc) is 2.45. The molecule has 0 saturated carbocycles. The van der Waals surface area contributed by atoms with Crippen LogP contribution in [-0.2, 0) is 15.0 Å². The molecule has 1 N–H and O–H groups in total. The third-order valence-electron chi connectivity index (χ3n) is 2.60. The van der Waals surface area contributed by atoms with Gasteiger partial charge in [-0.15, -0.1) is 0 Å². The van der Waals surface area contributed by atoms with Gasteiger partial charge < -0.3 is 9.47 Å². The van der Waals surface area contributed by atoms with Crippen LogP contribution >= 0.6 is 11.6 Å². The smallest absolute Gasteiger partial charge is 0.148 e. The van der Waals surface area contributed by atoms with Crippen molar-refractivity contribution in [2.45, 2.75) is 12.5 Å². The van der Waals surface area contributed by atoms with Crippen LogP contribution in [0.2, 0.25) is 5.02 Å². The van der Waals surface area contributed by atoms with Crippen LogP contribution in [0.15, 0.2) is 24.3 Å². The normalized spacial score (nSPS) is 27.3. The Bertz CT molecular complexity index is 318. The molecule has 1 saturated heterocycles. The third-order valence-corrected chi connectivity index (χ3v) is 2.86. The molecule has 3 nitrogen and oxygen atoms in total. The maximum Gasteiger partial charge on any atom is 0.148 e. The lowest BCUT2D eigenvalue weighted by Crippen LogP contribution is -2.42. The predicted molar refractivity (Wildman–Crippen MR) is 58.7 cm³/mol. The van der Waals surface area contributed by atoms with Crippen LogP contribution in [0.25, 0.3) is 0 Å². The highest BCUT2D eigenvalue weighted by Crippen LogP contribution is 2.23. The van der Waals surface area contributed by atoms with Gasteiger partial charge in [-0.1, -0.05) is 23.7 Å². The fourth-order valence-electron chi connectivity index (χ4n) is 1.61. The van der Waals surface area contributed by atoms with Crippen molar-refractivity contribution in [2.75, 3.05) is 20.1 Å². The van der Waals surface area contributed by atoms with E-state index >= 15 is 0 Å². The van der Waals surface area contributed by atoms with E-state index in [2.05, 4.69) is 12.2 Å². The van der Waals surface area contributed by atoms with Crippen molar-refractivity contribution in [2.24, 2.45) is 0 Å². The van der Waals surface area contributed by atoms with E-state index in [1.165, 1.54) is 0 Å². The van der Waals surface area contributed by atoms with Crippen molar-refractivity contribution in [1.29, 1.82) is 0 Å². The minimum absolute atomic E-state index is 0.207. The summed E-state index contributed by atoms with van der Waals surface area (Å²) in [6.07, 6.45) is 0. The van der Waals surface area contributed by atoms with Crippen LogP contribution in [0.4, 0.5) is 0 Å². The van der Waals surface area contributed by atoms with E-state index in [-0.39, 0.29) is 5.54 Å². The highest BCUT2D eigenvalue weighted by atomic mass is 35.5. The number of nitrogens with one attached hydrogen (secondary N) is 1. The topological polar surface area (TPSA) is 30.5 Å². The second-order valence-corrected chi connectivity index (χ2v) is 4.27. The molecule has 1 atom stereocenters. The molecule has 1 aromatic rings. The van der Waals surface area contributed by atoms with Gasteiger partial charge in [-0.05, 0) is 24.6 Å². The van der Waals surface area contributed by atoms with Crippen molar-refractivity contribution in [3.8, 4) is 0 Å². The van der Waals surface area contributed by atoms with Crippen LogP contribution < -0.4 is 5.32 Å². The molecule has 0 unspecified atom stereocenters. The molecule has 0 aliphatic carbocycles. The van der Waals surface area contributed by atoms with Crippen LogP contribution in [0.1, 0.15) is 12.5 Å². The summed E-state index contributed by atoms with van der Waals surface area (Å²) in [5.41, 5.74) is 0.943. The molecule has 82 valence electrons. The van der Waals surface area contributed by atoms with E-state index in [4.69, 9.17) is 21.1 Å². The van der Waals surface area contributed by atoms with Gasteiger partial charge in [0.15, 0.2) is 0 Å². The van der Waals surface area contributed by atoms with Gasteiger partial charge in [0, 0.05) is 5.02 Å². The molecule has 1 aliphatic heterocycles. The van der Waals surface area contributed by atoms with E-state index in [1.807, 2.05) is 24.3 Å². The summed E-state index contributed by atoms with van der Waals surface area (Å²) in [5.74, 6) is 0. The Hall–Kier alpha value is -0.610. The zero-order valence-corrected chi connectivity index (χ0v) is 9.38. The van der Waals surface area contributed by atoms with E-state index < -0.39 is 0 Å². The second-order valence-electron chi connectivity index (χ2n) is 3.83. The van der Waals surface area contributed by atoms with Gasteiger partial charge >= 0.3 is 0 Å². The van der Waals surface area contributed by atoms with Crippen LogP contribution in [-0.4, -0.2) is 20.1 Å². The summed E-state index contributed by atoms with van der Waals surface area (Å²) in [5, 5.41) is 4.05. The van der Waals surface area contributed by atoms with E-state index in [9.17, 15) is 0 Å². The molecule has 15 heavy (non-hydrogen) atoms. The predicted octanol–water partition coefficient (Wildman–Crippen LogP) is 2.11. The summed E-state index contributed by atoms with van der Waals surface area (Å²) in [4.78, 5) is 0. The van der Waals surface area contributed by atoms with Crippen LogP contribution in [0, 0.1) is 0 Å². The number of halogens is 1. The first-order valence-corrected chi connectivity index (χ1v) is 5.25. The van der Waals surface area contributed by atoms with Gasteiger partial charge in [-0.25, -0.2) is 0 Å². The van der Waals surface area contributed by atoms with E-state index in [1.54, 1.807) is 0 Å². The zero-order valence-electron chi connectivity index (χ0n) is 8.63. The molecule has 0 bridgehead atoms. The van der Waals surface area contributed by atoms with Gasteiger partial charge in [0.1, 0.15) is 13.5 Å². The first-order valence-electron chi connectivity index (χ1n) is 4.87. The lowest BCUT2D eigenvalue weighted by Gasteiger charge is -2.28. The zero-order chi connectivity index (χ0) is 10.7. The molecule has 1 heterocycles. The number of rotatable bonds is 1. The number of hydrogen-bond acceptors (Lipinski definition) is 3. The standard InChI is InChI=1S/C11H14ClNO2/c1-11(6-14-8-15-7-13-11)9-2-4-10(12)5-3-9/h2-5,13H,6-8H2,1H3/t11-/m0/s1. The minimum atomic E-state index is -0.207. The SMILES string of the molecule is C[C@@]1(c2ccc(Cl)cc2)COCOCN1. The van der Waals surface area contributed by atoms with Gasteiger partial charge in [-0.3, -0.25) is 5.32 Å². The second kappa shape index (κ2) is 4.49. The Morgan fingerprint density at radius 1 is 1.27 bits per heavy atom. The molecular weight excluding hydrogens is 214 g/mol. The average molecular weight is 228 g/mol. The van der Waals surface area contributed by atoms with Crippen molar-refractivity contribution in [1.82, 2.24) is 5.32 Å². The van der Waals surface area contributed by atoms with Crippen LogP contribution in [0.5, 0.6) is 0 Å². The largest absolute Gasteiger partial charge is 0.353 e. The number of benzene rings is 1. The van der Waals surface area contributed by atoms with E-state index in [0.717, 1.165) is 10.6 Å². The monoisotopic (exact) mass is 227 g/mol. The molecule has 0 radical (unpaired) electrons. The van der Waals surface area contributed by atoms with Gasteiger partial charge in [0.25, 0.3) is 0 Å². The van der Waals surface area contributed by atoms with Gasteiger partial charge in [-0.2, -0.15) is 0 Å². The molecule has 1 fully saturated rings. The highest BCUT2D eigenvalue weighted by Gasteiger charge is 2.27. The Balaban J connectivity index is 2.22. The molecule has 0 amide bonds.